The van der Waals surface area contributed by atoms with E-state index in [1.165, 1.54) is 0 Å². The van der Waals surface area contributed by atoms with E-state index < -0.39 is 17.0 Å². The number of rotatable bonds is 5. The van der Waals surface area contributed by atoms with Crippen LogP contribution in [0.2, 0.25) is 0 Å². The van der Waals surface area contributed by atoms with Crippen molar-refractivity contribution in [3.05, 3.63) is 27.4 Å². The summed E-state index contributed by atoms with van der Waals surface area (Å²) in [5.74, 6) is 0.188. The van der Waals surface area contributed by atoms with Crippen molar-refractivity contribution in [2.75, 3.05) is 6.61 Å². The maximum atomic E-state index is 12.2. The number of aromatic nitrogens is 2. The van der Waals surface area contributed by atoms with Crippen molar-refractivity contribution in [1.82, 2.24) is 15.3 Å². The molecule has 1 heterocycles. The average molecular weight is 281 g/mol. The summed E-state index contributed by atoms with van der Waals surface area (Å²) in [6.45, 7) is 9.03. The minimum absolute atomic E-state index is 0.0282. The quantitative estimate of drug-likeness (QED) is 0.753. The normalized spacial score (nSPS) is 11.8. The Morgan fingerprint density at radius 1 is 1.45 bits per heavy atom. The molecule has 0 radical (unpaired) electrons. The number of H-pyrrole nitrogens is 1. The lowest BCUT2D eigenvalue weighted by molar-refractivity contribution is 0.0896. The Labute approximate surface area is 118 Å². The molecule has 1 aromatic heterocycles. The number of carbonyl (C=O) groups is 1. The number of amides is 1. The standard InChI is InChI=1S/C14H23N3O3/c1-8(2)11-15-9(3)10(12(19)16-11)13(20)17-14(4,5)6-7-18/h8,18H,6-7H2,1-5H3,(H,17,20)(H,15,16,19). The van der Waals surface area contributed by atoms with E-state index in [-0.39, 0.29) is 18.1 Å². The van der Waals surface area contributed by atoms with Gasteiger partial charge < -0.3 is 15.4 Å². The number of nitrogens with zero attached hydrogens (tertiary/aromatic N) is 1. The molecule has 0 aliphatic carbocycles. The van der Waals surface area contributed by atoms with Crippen molar-refractivity contribution < 1.29 is 9.90 Å². The molecule has 3 N–H and O–H groups in total. The van der Waals surface area contributed by atoms with Crippen LogP contribution in [0.25, 0.3) is 0 Å². The molecule has 1 aromatic rings. The first-order valence-corrected chi connectivity index (χ1v) is 6.72. The molecule has 0 saturated heterocycles. The minimum Gasteiger partial charge on any atom is -0.396 e. The Bertz CT molecular complexity index is 547. The fourth-order valence-electron chi connectivity index (χ4n) is 1.86. The molecule has 0 aromatic carbocycles. The first-order valence-electron chi connectivity index (χ1n) is 6.72. The first-order chi connectivity index (χ1) is 9.18. The summed E-state index contributed by atoms with van der Waals surface area (Å²) < 4.78 is 0. The number of aliphatic hydroxyl groups is 1. The summed E-state index contributed by atoms with van der Waals surface area (Å²) in [5.41, 5.74) is -0.574. The van der Waals surface area contributed by atoms with Crippen LogP contribution in [-0.2, 0) is 0 Å². The van der Waals surface area contributed by atoms with Gasteiger partial charge in [0.2, 0.25) is 0 Å². The average Bonchev–Trinajstić information content (AvgIpc) is 2.26. The number of aliphatic hydroxyl groups excluding tert-OH is 1. The summed E-state index contributed by atoms with van der Waals surface area (Å²) in [5, 5.41) is 11.7. The number of nitrogens with one attached hydrogen (secondary N) is 2. The molecule has 0 aliphatic heterocycles. The monoisotopic (exact) mass is 281 g/mol. The lowest BCUT2D eigenvalue weighted by atomic mass is 10.0. The van der Waals surface area contributed by atoms with Crippen molar-refractivity contribution >= 4 is 5.91 Å². The Morgan fingerprint density at radius 2 is 2.05 bits per heavy atom. The third-order valence-corrected chi connectivity index (χ3v) is 3.08. The molecule has 0 saturated carbocycles. The molecular formula is C14H23N3O3. The molecule has 20 heavy (non-hydrogen) atoms. The van der Waals surface area contributed by atoms with Crippen LogP contribution >= 0.6 is 0 Å². The van der Waals surface area contributed by atoms with E-state index in [1.807, 2.05) is 13.8 Å². The Balaban J connectivity index is 3.09. The summed E-state index contributed by atoms with van der Waals surface area (Å²) in [7, 11) is 0. The lowest BCUT2D eigenvalue weighted by Gasteiger charge is -2.25. The molecule has 0 aliphatic rings. The van der Waals surface area contributed by atoms with Gasteiger partial charge in [-0.15, -0.1) is 0 Å². The SMILES string of the molecule is Cc1nc(C(C)C)[nH]c(=O)c1C(=O)NC(C)(C)CCO. The van der Waals surface area contributed by atoms with Gasteiger partial charge in [-0.25, -0.2) is 4.98 Å². The van der Waals surface area contributed by atoms with Crippen LogP contribution in [0.15, 0.2) is 4.79 Å². The molecule has 0 unspecified atom stereocenters. The van der Waals surface area contributed by atoms with Gasteiger partial charge in [-0.1, -0.05) is 13.8 Å². The molecule has 0 spiro atoms. The van der Waals surface area contributed by atoms with Gasteiger partial charge >= 0.3 is 0 Å². The van der Waals surface area contributed by atoms with E-state index in [0.717, 1.165) is 0 Å². The highest BCUT2D eigenvalue weighted by molar-refractivity contribution is 5.95. The van der Waals surface area contributed by atoms with Gasteiger partial charge in [0.05, 0.1) is 5.69 Å². The van der Waals surface area contributed by atoms with Crippen LogP contribution in [0, 0.1) is 6.92 Å². The molecule has 1 rings (SSSR count). The van der Waals surface area contributed by atoms with E-state index in [0.29, 0.717) is 17.9 Å². The van der Waals surface area contributed by atoms with Crippen LogP contribution < -0.4 is 10.9 Å². The third kappa shape index (κ3) is 3.90. The topological polar surface area (TPSA) is 95.1 Å². The molecular weight excluding hydrogens is 258 g/mol. The predicted molar refractivity (Wildman–Crippen MR) is 76.9 cm³/mol. The van der Waals surface area contributed by atoms with Crippen LogP contribution in [-0.4, -0.2) is 33.1 Å². The van der Waals surface area contributed by atoms with Crippen molar-refractivity contribution in [3.63, 3.8) is 0 Å². The molecule has 6 heteroatoms. The second-order valence-electron chi connectivity index (χ2n) is 5.88. The fourth-order valence-corrected chi connectivity index (χ4v) is 1.86. The van der Waals surface area contributed by atoms with Crippen molar-refractivity contribution in [2.24, 2.45) is 0 Å². The molecule has 1 amide bonds. The van der Waals surface area contributed by atoms with E-state index in [1.54, 1.807) is 20.8 Å². The Hall–Kier alpha value is -1.69. The maximum Gasteiger partial charge on any atom is 0.264 e. The Morgan fingerprint density at radius 3 is 2.50 bits per heavy atom. The number of aryl methyl sites for hydroxylation is 1. The highest BCUT2D eigenvalue weighted by Crippen LogP contribution is 2.11. The zero-order valence-corrected chi connectivity index (χ0v) is 12.7. The highest BCUT2D eigenvalue weighted by Gasteiger charge is 2.24. The third-order valence-electron chi connectivity index (χ3n) is 3.08. The number of carbonyl (C=O) groups excluding carboxylic acids is 1. The zero-order valence-electron chi connectivity index (χ0n) is 12.7. The van der Waals surface area contributed by atoms with Gasteiger partial charge in [-0.05, 0) is 27.2 Å². The van der Waals surface area contributed by atoms with Crippen LogP contribution in [0.4, 0.5) is 0 Å². The van der Waals surface area contributed by atoms with E-state index in [2.05, 4.69) is 15.3 Å². The molecule has 112 valence electrons. The van der Waals surface area contributed by atoms with Crippen molar-refractivity contribution in [2.45, 2.75) is 52.5 Å². The second kappa shape index (κ2) is 6.17. The molecule has 0 fully saturated rings. The van der Waals surface area contributed by atoms with Crippen LogP contribution in [0.1, 0.15) is 61.9 Å². The van der Waals surface area contributed by atoms with E-state index >= 15 is 0 Å². The minimum atomic E-state index is -0.582. The number of hydrogen-bond acceptors (Lipinski definition) is 4. The van der Waals surface area contributed by atoms with Crippen LogP contribution in [0.5, 0.6) is 0 Å². The summed E-state index contributed by atoms with van der Waals surface area (Å²) in [6.07, 6.45) is 0.410. The Kier molecular flexibility index (Phi) is 5.05. The maximum absolute atomic E-state index is 12.2. The second-order valence-corrected chi connectivity index (χ2v) is 5.88. The van der Waals surface area contributed by atoms with E-state index in [9.17, 15) is 9.59 Å². The van der Waals surface area contributed by atoms with Gasteiger partial charge in [0.15, 0.2) is 0 Å². The molecule has 0 bridgehead atoms. The fraction of sp³-hybridized carbons (Fsp3) is 0.643. The number of hydrogen-bond donors (Lipinski definition) is 3. The van der Waals surface area contributed by atoms with E-state index in [4.69, 9.17) is 5.11 Å². The zero-order chi connectivity index (χ0) is 15.5. The van der Waals surface area contributed by atoms with Crippen LogP contribution in [0.3, 0.4) is 0 Å². The lowest BCUT2D eigenvalue weighted by Crippen LogP contribution is -2.46. The summed E-state index contributed by atoms with van der Waals surface area (Å²) in [6, 6.07) is 0. The summed E-state index contributed by atoms with van der Waals surface area (Å²) in [4.78, 5) is 31.2. The highest BCUT2D eigenvalue weighted by atomic mass is 16.3. The van der Waals surface area contributed by atoms with Gasteiger partial charge in [-0.2, -0.15) is 0 Å². The van der Waals surface area contributed by atoms with Crippen molar-refractivity contribution in [1.29, 1.82) is 0 Å². The smallest absolute Gasteiger partial charge is 0.264 e. The number of aromatic amines is 1. The molecule has 6 nitrogen and oxygen atoms in total. The summed E-state index contributed by atoms with van der Waals surface area (Å²) >= 11 is 0. The first kappa shape index (κ1) is 16.4. The van der Waals surface area contributed by atoms with Crippen molar-refractivity contribution in [3.8, 4) is 0 Å². The van der Waals surface area contributed by atoms with Gasteiger partial charge in [0.1, 0.15) is 11.4 Å². The van der Waals surface area contributed by atoms with Gasteiger partial charge in [0.25, 0.3) is 11.5 Å². The van der Waals surface area contributed by atoms with Gasteiger partial charge in [0, 0.05) is 18.1 Å². The molecule has 0 atom stereocenters. The predicted octanol–water partition coefficient (Wildman–Crippen LogP) is 1.09. The largest absolute Gasteiger partial charge is 0.396 e. The van der Waals surface area contributed by atoms with Gasteiger partial charge in [-0.3, -0.25) is 9.59 Å².